The Balaban J connectivity index is 1.59. The molecular weight excluding hydrogens is 338 g/mol. The zero-order chi connectivity index (χ0) is 18.0. The molecule has 6 nitrogen and oxygen atoms in total. The fourth-order valence-electron chi connectivity index (χ4n) is 3.09. The van der Waals surface area contributed by atoms with Gasteiger partial charge in [0.15, 0.2) is 0 Å². The normalized spacial score (nSPS) is 21.0. The minimum atomic E-state index is -3.46. The van der Waals surface area contributed by atoms with Crippen LogP contribution in [0.25, 0.3) is 0 Å². The van der Waals surface area contributed by atoms with Gasteiger partial charge < -0.3 is 5.32 Å². The molecule has 1 saturated heterocycles. The molecule has 1 heterocycles. The molecule has 138 valence electrons. The maximum atomic E-state index is 12.8. The van der Waals surface area contributed by atoms with E-state index in [1.54, 1.807) is 12.1 Å². The topological polar surface area (TPSA) is 69.7 Å². The Morgan fingerprint density at radius 3 is 2.28 bits per heavy atom. The number of aryl methyl sites for hydroxylation is 1. The van der Waals surface area contributed by atoms with E-state index in [1.807, 2.05) is 26.0 Å². The van der Waals surface area contributed by atoms with Gasteiger partial charge in [-0.2, -0.15) is 4.31 Å². The van der Waals surface area contributed by atoms with Crippen LogP contribution in [-0.2, 0) is 21.2 Å². The van der Waals surface area contributed by atoms with Crippen LogP contribution in [0.15, 0.2) is 29.2 Å². The van der Waals surface area contributed by atoms with Gasteiger partial charge in [0.05, 0.1) is 10.9 Å². The Bertz CT molecular complexity index is 706. The first kappa shape index (κ1) is 18.4. The van der Waals surface area contributed by atoms with E-state index in [-0.39, 0.29) is 11.9 Å². The first-order chi connectivity index (χ1) is 11.9. The van der Waals surface area contributed by atoms with Gasteiger partial charge >= 0.3 is 0 Å². The number of carbonyl (C=O) groups is 1. The first-order valence-corrected chi connectivity index (χ1v) is 10.5. The predicted octanol–water partition coefficient (Wildman–Crippen LogP) is 1.22. The van der Waals surface area contributed by atoms with Crippen LogP contribution in [0.2, 0.25) is 0 Å². The Kier molecular flexibility index (Phi) is 5.46. The number of carbonyl (C=O) groups excluding carboxylic acids is 1. The molecule has 0 aromatic heterocycles. The van der Waals surface area contributed by atoms with Crippen molar-refractivity contribution < 1.29 is 13.2 Å². The van der Waals surface area contributed by atoms with Crippen LogP contribution in [0.3, 0.4) is 0 Å². The molecule has 1 atom stereocenters. The Morgan fingerprint density at radius 2 is 1.76 bits per heavy atom. The van der Waals surface area contributed by atoms with Crippen molar-refractivity contribution >= 4 is 15.9 Å². The maximum Gasteiger partial charge on any atom is 0.243 e. The summed E-state index contributed by atoms with van der Waals surface area (Å²) in [6.07, 6.45) is 3.03. The molecular formula is C18H27N3O3S. The molecule has 1 aromatic rings. The largest absolute Gasteiger partial charge is 0.352 e. The summed E-state index contributed by atoms with van der Waals surface area (Å²) < 4.78 is 27.1. The number of nitrogens with zero attached hydrogens (tertiary/aromatic N) is 2. The van der Waals surface area contributed by atoms with Gasteiger partial charge in [0.2, 0.25) is 15.9 Å². The summed E-state index contributed by atoms with van der Waals surface area (Å²) in [5, 5.41) is 3.02. The summed E-state index contributed by atoms with van der Waals surface area (Å²) >= 11 is 0. The molecule has 1 aromatic carbocycles. The van der Waals surface area contributed by atoms with E-state index in [0.717, 1.165) is 24.8 Å². The monoisotopic (exact) mass is 365 g/mol. The molecule has 1 aliphatic carbocycles. The highest BCUT2D eigenvalue weighted by Crippen LogP contribution is 2.21. The van der Waals surface area contributed by atoms with Gasteiger partial charge in [-0.25, -0.2) is 8.42 Å². The molecule has 0 radical (unpaired) electrons. The van der Waals surface area contributed by atoms with E-state index in [4.69, 9.17) is 0 Å². The second-order valence-corrected chi connectivity index (χ2v) is 8.83. The van der Waals surface area contributed by atoms with Crippen LogP contribution in [-0.4, -0.2) is 61.8 Å². The highest BCUT2D eigenvalue weighted by Gasteiger charge is 2.33. The molecule has 0 bridgehead atoms. The van der Waals surface area contributed by atoms with E-state index in [2.05, 4.69) is 10.2 Å². The van der Waals surface area contributed by atoms with Gasteiger partial charge in [-0.15, -0.1) is 0 Å². The Morgan fingerprint density at radius 1 is 1.16 bits per heavy atom. The average Bonchev–Trinajstić information content (AvgIpc) is 3.45. The van der Waals surface area contributed by atoms with Crippen LogP contribution in [0.1, 0.15) is 32.3 Å². The highest BCUT2D eigenvalue weighted by atomic mass is 32.2. The third kappa shape index (κ3) is 4.22. The van der Waals surface area contributed by atoms with Gasteiger partial charge in [-0.3, -0.25) is 9.69 Å². The summed E-state index contributed by atoms with van der Waals surface area (Å²) in [6.45, 7) is 5.92. The molecule has 2 fully saturated rings. The number of amides is 1. The summed E-state index contributed by atoms with van der Waals surface area (Å²) in [5.74, 6) is 0.0500. The fourth-order valence-corrected chi connectivity index (χ4v) is 4.51. The number of hydrogen-bond acceptors (Lipinski definition) is 4. The molecule has 1 N–H and O–H groups in total. The smallest absolute Gasteiger partial charge is 0.243 e. The van der Waals surface area contributed by atoms with Crippen LogP contribution >= 0.6 is 0 Å². The number of benzene rings is 1. The average molecular weight is 365 g/mol. The molecule has 3 rings (SSSR count). The van der Waals surface area contributed by atoms with E-state index >= 15 is 0 Å². The molecule has 7 heteroatoms. The minimum Gasteiger partial charge on any atom is -0.352 e. The highest BCUT2D eigenvalue weighted by molar-refractivity contribution is 7.89. The Hall–Kier alpha value is -1.44. The molecule has 0 spiro atoms. The molecule has 1 aliphatic heterocycles. The molecule has 1 unspecified atom stereocenters. The number of rotatable bonds is 6. The summed E-state index contributed by atoms with van der Waals surface area (Å²) in [6, 6.07) is 7.25. The van der Waals surface area contributed by atoms with Crippen LogP contribution in [0.5, 0.6) is 0 Å². The molecule has 2 aliphatic rings. The van der Waals surface area contributed by atoms with Crippen molar-refractivity contribution in [3.8, 4) is 0 Å². The van der Waals surface area contributed by atoms with E-state index < -0.39 is 10.0 Å². The van der Waals surface area contributed by atoms with Crippen LogP contribution in [0, 0.1) is 0 Å². The lowest BCUT2D eigenvalue weighted by molar-refractivity contribution is -0.126. The van der Waals surface area contributed by atoms with Crippen molar-refractivity contribution in [1.29, 1.82) is 0 Å². The van der Waals surface area contributed by atoms with Crippen LogP contribution < -0.4 is 5.32 Å². The van der Waals surface area contributed by atoms with Crippen LogP contribution in [0.4, 0.5) is 0 Å². The lowest BCUT2D eigenvalue weighted by atomic mass is 10.2. The van der Waals surface area contributed by atoms with Gasteiger partial charge in [0, 0.05) is 32.2 Å². The van der Waals surface area contributed by atoms with Crippen molar-refractivity contribution in [2.45, 2.75) is 50.1 Å². The number of sulfonamides is 1. The van der Waals surface area contributed by atoms with Crippen molar-refractivity contribution in [2.24, 2.45) is 0 Å². The van der Waals surface area contributed by atoms with E-state index in [9.17, 15) is 13.2 Å². The lowest BCUT2D eigenvalue weighted by Crippen LogP contribution is -2.55. The van der Waals surface area contributed by atoms with Crippen molar-refractivity contribution in [3.63, 3.8) is 0 Å². The SMILES string of the molecule is CCc1ccc(S(=O)(=O)N2CCN(C(C)C(=O)NC3CC3)CC2)cc1. The standard InChI is InChI=1S/C18H27N3O3S/c1-3-15-4-8-17(9-5-15)25(23,24)21-12-10-20(11-13-21)14(2)18(22)19-16-6-7-16/h4-5,8-9,14,16H,3,6-7,10-13H2,1-2H3,(H,19,22). The van der Waals surface area contributed by atoms with Crippen molar-refractivity contribution in [3.05, 3.63) is 29.8 Å². The summed E-state index contributed by atoms with van der Waals surface area (Å²) in [5.41, 5.74) is 1.12. The number of hydrogen-bond donors (Lipinski definition) is 1. The minimum absolute atomic E-state index is 0.0500. The zero-order valence-corrected chi connectivity index (χ0v) is 15.8. The van der Waals surface area contributed by atoms with Gasteiger partial charge in [0.25, 0.3) is 0 Å². The van der Waals surface area contributed by atoms with Gasteiger partial charge in [-0.05, 0) is 43.9 Å². The van der Waals surface area contributed by atoms with Gasteiger partial charge in [-0.1, -0.05) is 19.1 Å². The fraction of sp³-hybridized carbons (Fsp3) is 0.611. The van der Waals surface area contributed by atoms with Gasteiger partial charge in [0.1, 0.15) is 0 Å². The summed E-state index contributed by atoms with van der Waals surface area (Å²) in [4.78, 5) is 14.6. The quantitative estimate of drug-likeness (QED) is 0.823. The lowest BCUT2D eigenvalue weighted by Gasteiger charge is -2.36. The predicted molar refractivity (Wildman–Crippen MR) is 96.8 cm³/mol. The Labute approximate surface area is 150 Å². The second-order valence-electron chi connectivity index (χ2n) is 6.90. The third-order valence-electron chi connectivity index (χ3n) is 5.09. The number of nitrogens with one attached hydrogen (secondary N) is 1. The van der Waals surface area contributed by atoms with Crippen molar-refractivity contribution in [1.82, 2.24) is 14.5 Å². The third-order valence-corrected chi connectivity index (χ3v) is 7.01. The first-order valence-electron chi connectivity index (χ1n) is 9.05. The second kappa shape index (κ2) is 7.43. The summed E-state index contributed by atoms with van der Waals surface area (Å²) in [7, 11) is -3.46. The molecule has 1 amide bonds. The molecule has 25 heavy (non-hydrogen) atoms. The van der Waals surface area contributed by atoms with Crippen molar-refractivity contribution in [2.75, 3.05) is 26.2 Å². The number of piperazine rings is 1. The maximum absolute atomic E-state index is 12.8. The zero-order valence-electron chi connectivity index (χ0n) is 14.9. The van der Waals surface area contributed by atoms with E-state index in [1.165, 1.54) is 4.31 Å². The molecule has 1 saturated carbocycles. The van der Waals surface area contributed by atoms with E-state index in [0.29, 0.717) is 37.1 Å².